The molecular weight excluding hydrogens is 372 g/mol. The van der Waals surface area contributed by atoms with Crippen molar-refractivity contribution in [1.29, 1.82) is 0 Å². The van der Waals surface area contributed by atoms with E-state index in [1.165, 1.54) is 0 Å². The fourth-order valence-corrected chi connectivity index (χ4v) is 3.85. The Kier molecular flexibility index (Phi) is 4.34. The molecule has 0 radical (unpaired) electrons. The van der Waals surface area contributed by atoms with Crippen molar-refractivity contribution in [1.82, 2.24) is 20.0 Å². The third-order valence-electron chi connectivity index (χ3n) is 5.15. The topological polar surface area (TPSA) is 56.1 Å². The van der Waals surface area contributed by atoms with Gasteiger partial charge in [0.15, 0.2) is 5.65 Å². The molecule has 0 aliphatic carbocycles. The van der Waals surface area contributed by atoms with Crippen molar-refractivity contribution in [3.63, 3.8) is 0 Å². The van der Waals surface area contributed by atoms with Crippen LogP contribution in [-0.2, 0) is 11.3 Å². The van der Waals surface area contributed by atoms with Crippen LogP contribution >= 0.6 is 11.6 Å². The molecule has 2 aromatic carbocycles. The van der Waals surface area contributed by atoms with Crippen LogP contribution in [0.4, 0.5) is 0 Å². The number of epoxide rings is 1. The molecule has 0 bridgehead atoms. The number of fused-ring (bicyclic) bond motifs is 1. The fraction of sp³-hybridized carbons (Fsp3) is 0.227. The number of hydrogen-bond acceptors (Lipinski definition) is 4. The number of aromatic nitrogens is 4. The Morgan fingerprint density at radius 1 is 0.929 bits per heavy atom. The highest BCUT2D eigenvalue weighted by atomic mass is 35.5. The highest BCUT2D eigenvalue weighted by Crippen LogP contribution is 2.37. The molecule has 28 heavy (non-hydrogen) atoms. The van der Waals surface area contributed by atoms with E-state index in [1.54, 1.807) is 0 Å². The fourth-order valence-electron chi connectivity index (χ4n) is 3.53. The minimum absolute atomic E-state index is 0.298. The van der Waals surface area contributed by atoms with Gasteiger partial charge in [-0.25, -0.2) is 4.68 Å². The second-order valence-corrected chi connectivity index (χ2v) is 7.41. The zero-order valence-corrected chi connectivity index (χ0v) is 16.2. The number of benzene rings is 2. The molecule has 2 unspecified atom stereocenters. The van der Waals surface area contributed by atoms with E-state index in [1.807, 2.05) is 65.3 Å². The van der Waals surface area contributed by atoms with Gasteiger partial charge in [-0.05, 0) is 13.3 Å². The SMILES string of the molecule is CC1OC1CCn1nc(-c2ccccc2)c2c(Cl)c(-c3ccccc3)nnc21. The van der Waals surface area contributed by atoms with Crippen LogP contribution in [0.3, 0.4) is 0 Å². The Morgan fingerprint density at radius 3 is 2.14 bits per heavy atom. The number of aryl methyl sites for hydroxylation is 1. The van der Waals surface area contributed by atoms with Crippen LogP contribution in [0.15, 0.2) is 60.7 Å². The first kappa shape index (κ1) is 17.3. The lowest BCUT2D eigenvalue weighted by Gasteiger charge is -2.05. The number of halogens is 1. The van der Waals surface area contributed by atoms with E-state index in [4.69, 9.17) is 21.4 Å². The average molecular weight is 391 g/mol. The molecule has 0 N–H and O–H groups in total. The Labute approximate surface area is 167 Å². The summed E-state index contributed by atoms with van der Waals surface area (Å²) >= 11 is 6.86. The van der Waals surface area contributed by atoms with Crippen molar-refractivity contribution in [3.05, 3.63) is 65.7 Å². The number of nitrogens with zero attached hydrogens (tertiary/aromatic N) is 4. The lowest BCUT2D eigenvalue weighted by molar-refractivity contribution is 0.360. The summed E-state index contributed by atoms with van der Waals surface area (Å²) in [5.74, 6) is 0. The Morgan fingerprint density at radius 2 is 1.54 bits per heavy atom. The predicted molar refractivity (Wildman–Crippen MR) is 110 cm³/mol. The molecule has 5 nitrogen and oxygen atoms in total. The van der Waals surface area contributed by atoms with Gasteiger partial charge in [-0.2, -0.15) is 5.10 Å². The lowest BCUT2D eigenvalue weighted by Crippen LogP contribution is -2.05. The Hall–Kier alpha value is -2.76. The summed E-state index contributed by atoms with van der Waals surface area (Å²) < 4.78 is 7.44. The smallest absolute Gasteiger partial charge is 0.182 e. The number of ether oxygens (including phenoxy) is 1. The summed E-state index contributed by atoms with van der Waals surface area (Å²) in [6, 6.07) is 19.9. The van der Waals surface area contributed by atoms with E-state index >= 15 is 0 Å². The van der Waals surface area contributed by atoms with Gasteiger partial charge in [0.1, 0.15) is 11.4 Å². The van der Waals surface area contributed by atoms with Crippen LogP contribution in [0.1, 0.15) is 13.3 Å². The van der Waals surface area contributed by atoms with Crippen molar-refractivity contribution in [2.75, 3.05) is 0 Å². The second kappa shape index (κ2) is 7.00. The van der Waals surface area contributed by atoms with E-state index in [-0.39, 0.29) is 0 Å². The minimum atomic E-state index is 0.298. The molecule has 1 fully saturated rings. The summed E-state index contributed by atoms with van der Waals surface area (Å²) in [5, 5.41) is 15.2. The van der Waals surface area contributed by atoms with Crippen LogP contribution < -0.4 is 0 Å². The standard InChI is InChI=1S/C22H19ClN4O/c1-14-17(28-14)12-13-27-22-18(20(26-27)15-8-4-2-5-9-15)19(23)21(24-25-22)16-10-6-3-7-11-16/h2-11,14,17H,12-13H2,1H3. The van der Waals surface area contributed by atoms with Crippen molar-refractivity contribution in [2.45, 2.75) is 32.1 Å². The molecule has 5 rings (SSSR count). The molecule has 1 aliphatic rings. The quantitative estimate of drug-likeness (QED) is 0.450. The van der Waals surface area contributed by atoms with Crippen molar-refractivity contribution in [2.24, 2.45) is 0 Å². The Balaban J connectivity index is 1.67. The zero-order chi connectivity index (χ0) is 19.1. The molecule has 2 atom stereocenters. The second-order valence-electron chi connectivity index (χ2n) is 7.03. The highest BCUT2D eigenvalue weighted by molar-refractivity contribution is 6.38. The molecule has 0 spiro atoms. The van der Waals surface area contributed by atoms with E-state index in [2.05, 4.69) is 17.1 Å². The van der Waals surface area contributed by atoms with Crippen LogP contribution in [-0.4, -0.2) is 32.2 Å². The first-order valence-electron chi connectivity index (χ1n) is 9.41. The molecule has 3 heterocycles. The lowest BCUT2D eigenvalue weighted by atomic mass is 10.1. The molecule has 2 aromatic heterocycles. The van der Waals surface area contributed by atoms with Crippen molar-refractivity contribution < 1.29 is 4.74 Å². The summed E-state index contributed by atoms with van der Waals surface area (Å²) in [5.41, 5.74) is 4.16. The van der Waals surface area contributed by atoms with E-state index < -0.39 is 0 Å². The zero-order valence-electron chi connectivity index (χ0n) is 15.4. The molecule has 1 saturated heterocycles. The van der Waals surface area contributed by atoms with Crippen LogP contribution in [0, 0.1) is 0 Å². The van der Waals surface area contributed by atoms with Crippen molar-refractivity contribution in [3.8, 4) is 22.5 Å². The maximum absolute atomic E-state index is 6.86. The monoisotopic (exact) mass is 390 g/mol. The molecule has 1 aliphatic heterocycles. The van der Waals surface area contributed by atoms with E-state index in [9.17, 15) is 0 Å². The summed E-state index contributed by atoms with van der Waals surface area (Å²) in [6.45, 7) is 2.80. The average Bonchev–Trinajstić information content (AvgIpc) is 3.31. The molecule has 4 aromatic rings. The largest absolute Gasteiger partial charge is 0.370 e. The van der Waals surface area contributed by atoms with E-state index in [0.717, 1.165) is 28.6 Å². The maximum Gasteiger partial charge on any atom is 0.182 e. The molecular formula is C22H19ClN4O. The first-order chi connectivity index (χ1) is 13.7. The number of rotatable bonds is 5. The molecule has 0 amide bonds. The predicted octanol–water partition coefficient (Wildman–Crippen LogP) is 4.99. The minimum Gasteiger partial charge on any atom is -0.370 e. The molecule has 0 saturated carbocycles. The van der Waals surface area contributed by atoms with Crippen molar-refractivity contribution >= 4 is 22.6 Å². The third kappa shape index (κ3) is 3.07. The normalized spacial score (nSPS) is 18.5. The van der Waals surface area contributed by atoms with Gasteiger partial charge in [0, 0.05) is 17.7 Å². The number of hydrogen-bond donors (Lipinski definition) is 0. The van der Waals surface area contributed by atoms with Gasteiger partial charge in [-0.15, -0.1) is 10.2 Å². The summed E-state index contributed by atoms with van der Waals surface area (Å²) in [7, 11) is 0. The highest BCUT2D eigenvalue weighted by Gasteiger charge is 2.34. The van der Waals surface area contributed by atoms with Crippen LogP contribution in [0.2, 0.25) is 5.02 Å². The van der Waals surface area contributed by atoms with Gasteiger partial charge in [0.05, 0.1) is 22.6 Å². The third-order valence-corrected chi connectivity index (χ3v) is 5.52. The van der Waals surface area contributed by atoms with Gasteiger partial charge < -0.3 is 4.74 Å². The molecule has 140 valence electrons. The van der Waals surface area contributed by atoms with Gasteiger partial charge in [0.25, 0.3) is 0 Å². The summed E-state index contributed by atoms with van der Waals surface area (Å²) in [6.07, 6.45) is 1.52. The van der Waals surface area contributed by atoms with Crippen LogP contribution in [0.5, 0.6) is 0 Å². The van der Waals surface area contributed by atoms with Gasteiger partial charge in [-0.1, -0.05) is 72.3 Å². The van der Waals surface area contributed by atoms with Gasteiger partial charge in [-0.3, -0.25) is 0 Å². The molecule has 6 heteroatoms. The van der Waals surface area contributed by atoms with Crippen LogP contribution in [0.25, 0.3) is 33.5 Å². The van der Waals surface area contributed by atoms with Gasteiger partial charge in [0.2, 0.25) is 0 Å². The van der Waals surface area contributed by atoms with E-state index in [0.29, 0.717) is 35.1 Å². The first-order valence-corrected chi connectivity index (χ1v) is 9.79. The maximum atomic E-state index is 6.86. The van der Waals surface area contributed by atoms with Gasteiger partial charge >= 0.3 is 0 Å². The Bertz CT molecular complexity index is 1130. The summed E-state index contributed by atoms with van der Waals surface area (Å²) in [4.78, 5) is 0.